The van der Waals surface area contributed by atoms with Crippen LogP contribution in [0.5, 0.6) is 5.75 Å². The van der Waals surface area contributed by atoms with Crippen LogP contribution in [0.15, 0.2) is 60.7 Å². The fraction of sp³-hybridized carbons (Fsp3) is 0.100. The standard InChI is InChI=1S/C20H19N3O3/c1-23(2)14-7-3-6-13(12-14)21-19(25)20(26)22-17-10-4-9-16-15(17)8-5-11-18(16)24/h3-12,24H,1-2H3,(H,21,25)(H,22,26). The van der Waals surface area contributed by atoms with E-state index in [2.05, 4.69) is 10.6 Å². The smallest absolute Gasteiger partial charge is 0.314 e. The normalized spacial score (nSPS) is 10.4. The molecule has 6 heteroatoms. The number of aromatic hydroxyl groups is 1. The van der Waals surface area contributed by atoms with E-state index in [-0.39, 0.29) is 5.75 Å². The van der Waals surface area contributed by atoms with Crippen molar-refractivity contribution < 1.29 is 14.7 Å². The highest BCUT2D eigenvalue weighted by molar-refractivity contribution is 6.44. The molecule has 0 spiro atoms. The first-order chi connectivity index (χ1) is 12.5. The van der Waals surface area contributed by atoms with Crippen molar-refractivity contribution in [3.8, 4) is 5.75 Å². The lowest BCUT2D eigenvalue weighted by Crippen LogP contribution is -2.29. The predicted octanol–water partition coefficient (Wildman–Crippen LogP) is 3.19. The number of hydrogen-bond donors (Lipinski definition) is 3. The summed E-state index contributed by atoms with van der Waals surface area (Å²) in [5.41, 5.74) is 1.90. The van der Waals surface area contributed by atoms with E-state index in [1.165, 1.54) is 0 Å². The van der Waals surface area contributed by atoms with Crippen molar-refractivity contribution in [1.82, 2.24) is 0 Å². The van der Waals surface area contributed by atoms with E-state index in [0.29, 0.717) is 22.1 Å². The van der Waals surface area contributed by atoms with Crippen LogP contribution in [0.1, 0.15) is 0 Å². The second-order valence-electron chi connectivity index (χ2n) is 6.03. The van der Waals surface area contributed by atoms with E-state index in [1.54, 1.807) is 54.6 Å². The monoisotopic (exact) mass is 349 g/mol. The van der Waals surface area contributed by atoms with Gasteiger partial charge in [-0.05, 0) is 30.3 Å². The molecule has 0 saturated heterocycles. The molecule has 0 aromatic heterocycles. The molecule has 0 heterocycles. The van der Waals surface area contributed by atoms with E-state index < -0.39 is 11.8 Å². The maximum Gasteiger partial charge on any atom is 0.314 e. The summed E-state index contributed by atoms with van der Waals surface area (Å²) in [5.74, 6) is -1.43. The predicted molar refractivity (Wildman–Crippen MR) is 104 cm³/mol. The Labute approximate surface area is 151 Å². The number of amides is 2. The number of nitrogens with one attached hydrogen (secondary N) is 2. The van der Waals surface area contributed by atoms with Crippen molar-refractivity contribution in [3.63, 3.8) is 0 Å². The van der Waals surface area contributed by atoms with Crippen LogP contribution in [-0.4, -0.2) is 31.0 Å². The molecule has 6 nitrogen and oxygen atoms in total. The zero-order chi connectivity index (χ0) is 18.7. The maximum atomic E-state index is 12.3. The van der Waals surface area contributed by atoms with Crippen molar-refractivity contribution in [2.45, 2.75) is 0 Å². The molecule has 3 aromatic carbocycles. The van der Waals surface area contributed by atoms with Gasteiger partial charge < -0.3 is 20.6 Å². The minimum absolute atomic E-state index is 0.114. The molecule has 0 atom stereocenters. The number of benzene rings is 3. The summed E-state index contributed by atoms with van der Waals surface area (Å²) in [6.45, 7) is 0. The Bertz CT molecular complexity index is 983. The zero-order valence-corrected chi connectivity index (χ0v) is 14.5. The number of carbonyl (C=O) groups excluding carboxylic acids is 2. The molecule has 26 heavy (non-hydrogen) atoms. The van der Waals surface area contributed by atoms with Crippen LogP contribution in [-0.2, 0) is 9.59 Å². The molecule has 0 aliphatic rings. The fourth-order valence-corrected chi connectivity index (χ4v) is 2.63. The minimum Gasteiger partial charge on any atom is -0.507 e. The Morgan fingerprint density at radius 2 is 1.50 bits per heavy atom. The van der Waals surface area contributed by atoms with Crippen LogP contribution in [0.3, 0.4) is 0 Å². The first-order valence-corrected chi connectivity index (χ1v) is 8.06. The van der Waals surface area contributed by atoms with E-state index in [1.807, 2.05) is 25.1 Å². The van der Waals surface area contributed by atoms with Crippen LogP contribution < -0.4 is 15.5 Å². The topological polar surface area (TPSA) is 81.7 Å². The number of carbonyl (C=O) groups is 2. The van der Waals surface area contributed by atoms with Gasteiger partial charge in [-0.15, -0.1) is 0 Å². The Hall–Kier alpha value is -3.54. The summed E-state index contributed by atoms with van der Waals surface area (Å²) in [5, 5.41) is 16.4. The van der Waals surface area contributed by atoms with Gasteiger partial charge in [0.2, 0.25) is 0 Å². The average molecular weight is 349 g/mol. The molecule has 2 amide bonds. The second-order valence-corrected chi connectivity index (χ2v) is 6.03. The summed E-state index contributed by atoms with van der Waals surface area (Å²) in [6, 6.07) is 17.3. The van der Waals surface area contributed by atoms with Crippen molar-refractivity contribution in [2.75, 3.05) is 29.6 Å². The van der Waals surface area contributed by atoms with Gasteiger partial charge in [0.15, 0.2) is 0 Å². The van der Waals surface area contributed by atoms with E-state index >= 15 is 0 Å². The molecule has 0 radical (unpaired) electrons. The van der Waals surface area contributed by atoms with Crippen LogP contribution in [0, 0.1) is 0 Å². The lowest BCUT2D eigenvalue weighted by Gasteiger charge is -2.14. The molecule has 132 valence electrons. The fourth-order valence-electron chi connectivity index (χ4n) is 2.63. The lowest BCUT2D eigenvalue weighted by molar-refractivity contribution is -0.132. The Balaban J connectivity index is 1.77. The Kier molecular flexibility index (Phi) is 4.75. The molecule has 0 unspecified atom stereocenters. The van der Waals surface area contributed by atoms with E-state index in [9.17, 15) is 14.7 Å². The quantitative estimate of drug-likeness (QED) is 0.634. The lowest BCUT2D eigenvalue weighted by atomic mass is 10.1. The van der Waals surface area contributed by atoms with E-state index in [0.717, 1.165) is 5.69 Å². The summed E-state index contributed by atoms with van der Waals surface area (Å²) in [4.78, 5) is 26.4. The number of anilines is 3. The van der Waals surface area contributed by atoms with Gasteiger partial charge >= 0.3 is 11.8 Å². The largest absolute Gasteiger partial charge is 0.507 e. The molecule has 3 N–H and O–H groups in total. The third-order valence-corrected chi connectivity index (χ3v) is 3.97. The van der Waals surface area contributed by atoms with Gasteiger partial charge in [0.05, 0.1) is 0 Å². The number of phenols is 1. The average Bonchev–Trinajstić information content (AvgIpc) is 2.62. The van der Waals surface area contributed by atoms with Gasteiger partial charge in [-0.2, -0.15) is 0 Å². The highest BCUT2D eigenvalue weighted by Gasteiger charge is 2.16. The molecule has 0 saturated carbocycles. The van der Waals surface area contributed by atoms with Crippen LogP contribution in [0.2, 0.25) is 0 Å². The van der Waals surface area contributed by atoms with Gasteiger partial charge in [0.25, 0.3) is 0 Å². The van der Waals surface area contributed by atoms with Crippen molar-refractivity contribution in [1.29, 1.82) is 0 Å². The number of fused-ring (bicyclic) bond motifs is 1. The number of hydrogen-bond acceptors (Lipinski definition) is 4. The van der Waals surface area contributed by atoms with Crippen molar-refractivity contribution >= 4 is 39.6 Å². The molecular weight excluding hydrogens is 330 g/mol. The molecule has 0 aliphatic heterocycles. The van der Waals surface area contributed by atoms with Gasteiger partial charge in [0, 0.05) is 41.9 Å². The van der Waals surface area contributed by atoms with Gasteiger partial charge in [-0.1, -0.05) is 30.3 Å². The highest BCUT2D eigenvalue weighted by atomic mass is 16.3. The van der Waals surface area contributed by atoms with Gasteiger partial charge in [-0.25, -0.2) is 0 Å². The van der Waals surface area contributed by atoms with Crippen molar-refractivity contribution in [3.05, 3.63) is 60.7 Å². The molecular formula is C20H19N3O3. The maximum absolute atomic E-state index is 12.3. The number of phenolic OH excluding ortho intramolecular Hbond substituents is 1. The molecule has 0 fully saturated rings. The first kappa shape index (κ1) is 17.3. The SMILES string of the molecule is CN(C)c1cccc(NC(=O)C(=O)Nc2cccc3c(O)cccc23)c1. The zero-order valence-electron chi connectivity index (χ0n) is 14.5. The molecule has 3 rings (SSSR count). The molecule has 3 aromatic rings. The van der Waals surface area contributed by atoms with Crippen LogP contribution in [0.25, 0.3) is 10.8 Å². The number of rotatable bonds is 3. The third kappa shape index (κ3) is 3.59. The second kappa shape index (κ2) is 7.14. The third-order valence-electron chi connectivity index (χ3n) is 3.97. The number of nitrogens with zero attached hydrogens (tertiary/aromatic N) is 1. The van der Waals surface area contributed by atoms with Crippen LogP contribution >= 0.6 is 0 Å². The van der Waals surface area contributed by atoms with Crippen LogP contribution in [0.4, 0.5) is 17.1 Å². The molecule has 0 bridgehead atoms. The molecule has 0 aliphatic carbocycles. The summed E-state index contributed by atoms with van der Waals surface area (Å²) in [7, 11) is 3.78. The minimum atomic E-state index is -0.781. The Morgan fingerprint density at radius 1 is 0.846 bits per heavy atom. The summed E-state index contributed by atoms with van der Waals surface area (Å²) < 4.78 is 0. The summed E-state index contributed by atoms with van der Waals surface area (Å²) in [6.07, 6.45) is 0. The highest BCUT2D eigenvalue weighted by Crippen LogP contribution is 2.29. The Morgan fingerprint density at radius 3 is 2.27 bits per heavy atom. The van der Waals surface area contributed by atoms with Gasteiger partial charge in [-0.3, -0.25) is 9.59 Å². The van der Waals surface area contributed by atoms with Crippen molar-refractivity contribution in [2.24, 2.45) is 0 Å². The van der Waals surface area contributed by atoms with E-state index in [4.69, 9.17) is 0 Å². The van der Waals surface area contributed by atoms with Gasteiger partial charge in [0.1, 0.15) is 5.75 Å². The summed E-state index contributed by atoms with van der Waals surface area (Å²) >= 11 is 0. The first-order valence-electron chi connectivity index (χ1n) is 8.06.